The van der Waals surface area contributed by atoms with Gasteiger partial charge in [-0.1, -0.05) is 6.08 Å². The van der Waals surface area contributed by atoms with E-state index in [1.807, 2.05) is 6.08 Å². The standard InChI is InChI=1S/C10H15BrN2S/c1-2-3-4-13-9(6-12)10-5-8(11)7-14-10/h2,5,7,9,13H,1,3-4,6,12H2. The summed E-state index contributed by atoms with van der Waals surface area (Å²) in [5.41, 5.74) is 5.70. The Bertz CT molecular complexity index is 285. The molecule has 0 aliphatic carbocycles. The predicted molar refractivity (Wildman–Crippen MR) is 66.6 cm³/mol. The highest BCUT2D eigenvalue weighted by Gasteiger charge is 2.10. The van der Waals surface area contributed by atoms with Crippen molar-refractivity contribution in [3.63, 3.8) is 0 Å². The molecule has 0 aliphatic rings. The van der Waals surface area contributed by atoms with Crippen molar-refractivity contribution in [3.8, 4) is 0 Å². The van der Waals surface area contributed by atoms with Gasteiger partial charge in [-0.15, -0.1) is 17.9 Å². The minimum atomic E-state index is 0.270. The predicted octanol–water partition coefficient (Wildman–Crippen LogP) is 2.68. The molecule has 3 N–H and O–H groups in total. The summed E-state index contributed by atoms with van der Waals surface area (Å²) in [5, 5.41) is 5.47. The van der Waals surface area contributed by atoms with E-state index in [1.165, 1.54) is 4.88 Å². The monoisotopic (exact) mass is 274 g/mol. The van der Waals surface area contributed by atoms with Crippen LogP contribution in [0.2, 0.25) is 0 Å². The molecule has 0 saturated heterocycles. The molecule has 2 nitrogen and oxygen atoms in total. The Morgan fingerprint density at radius 3 is 3.00 bits per heavy atom. The Hall–Kier alpha value is -0.160. The molecule has 1 aromatic heterocycles. The van der Waals surface area contributed by atoms with Gasteiger partial charge in [0.25, 0.3) is 0 Å². The summed E-state index contributed by atoms with van der Waals surface area (Å²) < 4.78 is 1.13. The SMILES string of the molecule is C=CCCNC(CN)c1cc(Br)cs1. The number of rotatable bonds is 6. The number of hydrogen-bond donors (Lipinski definition) is 2. The van der Waals surface area contributed by atoms with Crippen molar-refractivity contribution in [1.29, 1.82) is 0 Å². The molecule has 0 amide bonds. The number of halogens is 1. The van der Waals surface area contributed by atoms with Gasteiger partial charge in [0.15, 0.2) is 0 Å². The lowest BCUT2D eigenvalue weighted by Crippen LogP contribution is -2.28. The van der Waals surface area contributed by atoms with Crippen LogP contribution in [0, 0.1) is 0 Å². The summed E-state index contributed by atoms with van der Waals surface area (Å²) in [6, 6.07) is 2.38. The zero-order valence-corrected chi connectivity index (χ0v) is 10.4. The van der Waals surface area contributed by atoms with E-state index >= 15 is 0 Å². The largest absolute Gasteiger partial charge is 0.329 e. The lowest BCUT2D eigenvalue weighted by molar-refractivity contribution is 0.556. The first-order valence-electron chi connectivity index (χ1n) is 4.56. The molecule has 1 aromatic rings. The molecular weight excluding hydrogens is 260 g/mol. The quantitative estimate of drug-likeness (QED) is 0.618. The van der Waals surface area contributed by atoms with Gasteiger partial charge in [-0.2, -0.15) is 0 Å². The van der Waals surface area contributed by atoms with Crippen LogP contribution in [-0.4, -0.2) is 13.1 Å². The van der Waals surface area contributed by atoms with Crippen molar-refractivity contribution in [2.24, 2.45) is 5.73 Å². The van der Waals surface area contributed by atoms with Gasteiger partial charge in [0.05, 0.1) is 6.04 Å². The maximum absolute atomic E-state index is 5.70. The van der Waals surface area contributed by atoms with E-state index in [4.69, 9.17) is 5.73 Å². The van der Waals surface area contributed by atoms with Crippen LogP contribution >= 0.6 is 27.3 Å². The van der Waals surface area contributed by atoms with Gasteiger partial charge in [0.2, 0.25) is 0 Å². The van der Waals surface area contributed by atoms with Crippen LogP contribution in [-0.2, 0) is 0 Å². The average molecular weight is 275 g/mol. The molecule has 1 rings (SSSR count). The molecule has 0 spiro atoms. The van der Waals surface area contributed by atoms with Crippen molar-refractivity contribution in [3.05, 3.63) is 33.5 Å². The van der Waals surface area contributed by atoms with Gasteiger partial charge < -0.3 is 11.1 Å². The third-order valence-corrected chi connectivity index (χ3v) is 3.71. The lowest BCUT2D eigenvalue weighted by Gasteiger charge is -2.14. The lowest BCUT2D eigenvalue weighted by atomic mass is 10.2. The summed E-state index contributed by atoms with van der Waals surface area (Å²) in [7, 11) is 0. The normalized spacial score (nSPS) is 12.7. The van der Waals surface area contributed by atoms with Crippen LogP contribution in [0.1, 0.15) is 17.3 Å². The topological polar surface area (TPSA) is 38.0 Å². The van der Waals surface area contributed by atoms with Crippen LogP contribution in [0.25, 0.3) is 0 Å². The first-order valence-corrected chi connectivity index (χ1v) is 6.23. The van der Waals surface area contributed by atoms with Crippen molar-refractivity contribution < 1.29 is 0 Å². The zero-order valence-electron chi connectivity index (χ0n) is 8.00. The fourth-order valence-electron chi connectivity index (χ4n) is 1.17. The molecule has 78 valence electrons. The highest BCUT2D eigenvalue weighted by atomic mass is 79.9. The Morgan fingerprint density at radius 2 is 2.50 bits per heavy atom. The molecule has 1 unspecified atom stereocenters. The van der Waals surface area contributed by atoms with Crippen molar-refractivity contribution in [2.45, 2.75) is 12.5 Å². The fraction of sp³-hybridized carbons (Fsp3) is 0.400. The fourth-order valence-corrected chi connectivity index (χ4v) is 2.70. The Morgan fingerprint density at radius 1 is 1.71 bits per heavy atom. The highest BCUT2D eigenvalue weighted by Crippen LogP contribution is 2.24. The van der Waals surface area contributed by atoms with E-state index in [-0.39, 0.29) is 6.04 Å². The Labute approximate surface area is 97.3 Å². The number of nitrogens with one attached hydrogen (secondary N) is 1. The van der Waals surface area contributed by atoms with Crippen LogP contribution in [0.4, 0.5) is 0 Å². The van der Waals surface area contributed by atoms with Crippen molar-refractivity contribution >= 4 is 27.3 Å². The first-order chi connectivity index (χ1) is 6.77. The molecule has 1 atom stereocenters. The van der Waals surface area contributed by atoms with E-state index in [9.17, 15) is 0 Å². The van der Waals surface area contributed by atoms with Gasteiger partial charge in [-0.25, -0.2) is 0 Å². The molecule has 0 radical (unpaired) electrons. The Balaban J connectivity index is 2.49. The maximum atomic E-state index is 5.70. The summed E-state index contributed by atoms with van der Waals surface area (Å²) in [5.74, 6) is 0. The van der Waals surface area contributed by atoms with Gasteiger partial charge in [-0.3, -0.25) is 0 Å². The maximum Gasteiger partial charge on any atom is 0.0539 e. The summed E-state index contributed by atoms with van der Waals surface area (Å²) >= 11 is 5.16. The van der Waals surface area contributed by atoms with Gasteiger partial charge in [0, 0.05) is 21.3 Å². The number of hydrogen-bond acceptors (Lipinski definition) is 3. The second kappa shape index (κ2) is 6.35. The van der Waals surface area contributed by atoms with E-state index in [0.29, 0.717) is 6.54 Å². The van der Waals surface area contributed by atoms with Crippen LogP contribution in [0.15, 0.2) is 28.6 Å². The third-order valence-electron chi connectivity index (χ3n) is 1.91. The smallest absolute Gasteiger partial charge is 0.0539 e. The van der Waals surface area contributed by atoms with Crippen LogP contribution < -0.4 is 11.1 Å². The van der Waals surface area contributed by atoms with Gasteiger partial charge in [-0.05, 0) is 35.0 Å². The van der Waals surface area contributed by atoms with Crippen LogP contribution in [0.5, 0.6) is 0 Å². The third kappa shape index (κ3) is 3.53. The van der Waals surface area contributed by atoms with Crippen LogP contribution in [0.3, 0.4) is 0 Å². The summed E-state index contributed by atoms with van der Waals surface area (Å²) in [6.45, 7) is 5.24. The molecule has 4 heteroatoms. The van der Waals surface area contributed by atoms with Crippen molar-refractivity contribution in [1.82, 2.24) is 5.32 Å². The molecule has 0 bridgehead atoms. The van der Waals surface area contributed by atoms with E-state index in [1.54, 1.807) is 11.3 Å². The van der Waals surface area contributed by atoms with Crippen molar-refractivity contribution in [2.75, 3.05) is 13.1 Å². The molecule has 0 fully saturated rings. The molecular formula is C10H15BrN2S. The minimum absolute atomic E-state index is 0.270. The molecule has 0 aromatic carbocycles. The number of thiophene rings is 1. The summed E-state index contributed by atoms with van der Waals surface area (Å²) in [4.78, 5) is 1.28. The zero-order chi connectivity index (χ0) is 10.4. The van der Waals surface area contributed by atoms with E-state index < -0.39 is 0 Å². The minimum Gasteiger partial charge on any atom is -0.329 e. The highest BCUT2D eigenvalue weighted by molar-refractivity contribution is 9.10. The molecule has 14 heavy (non-hydrogen) atoms. The summed E-state index contributed by atoms with van der Waals surface area (Å²) in [6.07, 6.45) is 2.88. The second-order valence-corrected chi connectivity index (χ2v) is 4.85. The first kappa shape index (κ1) is 11.9. The van der Waals surface area contributed by atoms with E-state index in [0.717, 1.165) is 17.4 Å². The molecule has 0 aliphatic heterocycles. The van der Waals surface area contributed by atoms with Gasteiger partial charge >= 0.3 is 0 Å². The second-order valence-electron chi connectivity index (χ2n) is 2.99. The average Bonchev–Trinajstić information content (AvgIpc) is 2.60. The van der Waals surface area contributed by atoms with Gasteiger partial charge in [0.1, 0.15) is 0 Å². The van der Waals surface area contributed by atoms with E-state index in [2.05, 4.69) is 39.3 Å². The Kier molecular flexibility index (Phi) is 5.40. The number of nitrogens with two attached hydrogens (primary N) is 1. The molecule has 1 heterocycles. The molecule has 0 saturated carbocycles.